The molecule has 2 rings (SSSR count). The van der Waals surface area contributed by atoms with Crippen molar-refractivity contribution in [2.75, 3.05) is 11.9 Å². The second-order valence-corrected chi connectivity index (χ2v) is 3.89. The minimum absolute atomic E-state index is 0.924. The van der Waals surface area contributed by atoms with Crippen molar-refractivity contribution in [1.29, 1.82) is 0 Å². The smallest absolute Gasteiger partial charge is 0.159 e. The molecule has 0 aliphatic heterocycles. The number of nitrogens with one attached hydrogen (secondary N) is 1. The van der Waals surface area contributed by atoms with Crippen LogP contribution in [0.3, 0.4) is 0 Å². The fourth-order valence-electron chi connectivity index (χ4n) is 1.77. The first-order valence-electron chi connectivity index (χ1n) is 5.91. The second-order valence-electron chi connectivity index (χ2n) is 3.89. The summed E-state index contributed by atoms with van der Waals surface area (Å²) in [6.07, 6.45) is 5.93. The lowest BCUT2D eigenvalue weighted by Gasteiger charge is -2.05. The number of anilines is 1. The van der Waals surface area contributed by atoms with Crippen molar-refractivity contribution in [2.24, 2.45) is 0 Å². The topological polar surface area (TPSA) is 42.7 Å². The molecule has 0 bridgehead atoms. The molecule has 0 atom stereocenters. The molecule has 0 saturated carbocycles. The van der Waals surface area contributed by atoms with Crippen LogP contribution in [0.2, 0.25) is 0 Å². The molecule has 0 radical (unpaired) electrons. The van der Waals surface area contributed by atoms with E-state index in [-0.39, 0.29) is 0 Å². The number of pyridine rings is 1. The lowest BCUT2D eigenvalue weighted by atomic mass is 10.3. The van der Waals surface area contributed by atoms with Gasteiger partial charge in [0, 0.05) is 25.0 Å². The Morgan fingerprint density at radius 2 is 2.19 bits per heavy atom. The maximum absolute atomic E-state index is 4.39. The third-order valence-electron chi connectivity index (χ3n) is 2.54. The second kappa shape index (κ2) is 4.96. The van der Waals surface area contributed by atoms with Crippen molar-refractivity contribution in [1.82, 2.24) is 14.8 Å². The van der Waals surface area contributed by atoms with Gasteiger partial charge in [0.1, 0.15) is 0 Å². The van der Waals surface area contributed by atoms with Gasteiger partial charge in [-0.3, -0.25) is 0 Å². The molecule has 0 spiro atoms. The first kappa shape index (κ1) is 10.9. The third kappa shape index (κ3) is 2.01. The summed E-state index contributed by atoms with van der Waals surface area (Å²) in [4.78, 5) is 4.39. The minimum atomic E-state index is 0.924. The molecule has 0 aliphatic rings. The van der Waals surface area contributed by atoms with Crippen LogP contribution in [0.5, 0.6) is 0 Å². The van der Waals surface area contributed by atoms with E-state index in [0.29, 0.717) is 0 Å². The highest BCUT2D eigenvalue weighted by Gasteiger charge is 2.06. The van der Waals surface area contributed by atoms with E-state index < -0.39 is 0 Å². The Morgan fingerprint density at radius 1 is 1.31 bits per heavy atom. The molecular weight excluding hydrogens is 200 g/mol. The average Bonchev–Trinajstić information content (AvgIpc) is 2.71. The van der Waals surface area contributed by atoms with E-state index in [4.69, 9.17) is 0 Å². The van der Waals surface area contributed by atoms with Crippen molar-refractivity contribution < 1.29 is 0 Å². The number of fused-ring (bicyclic) bond motifs is 1. The molecule has 0 unspecified atom stereocenters. The standard InChI is InChI=1S/C12H18N4/c1-3-6-13-11-5-7-14-12-10(11)9-15-16(12)8-4-2/h5,7,9H,3-4,6,8H2,1-2H3,(H,13,14). The zero-order valence-corrected chi connectivity index (χ0v) is 9.90. The average molecular weight is 218 g/mol. The van der Waals surface area contributed by atoms with Gasteiger partial charge >= 0.3 is 0 Å². The molecule has 2 aromatic rings. The Kier molecular flexibility index (Phi) is 3.39. The number of aromatic nitrogens is 3. The van der Waals surface area contributed by atoms with Gasteiger partial charge in [0.2, 0.25) is 0 Å². The van der Waals surface area contributed by atoms with E-state index in [9.17, 15) is 0 Å². The largest absolute Gasteiger partial charge is 0.384 e. The van der Waals surface area contributed by atoms with Crippen LogP contribution >= 0.6 is 0 Å². The van der Waals surface area contributed by atoms with Crippen LogP contribution in [0.25, 0.3) is 11.0 Å². The third-order valence-corrected chi connectivity index (χ3v) is 2.54. The van der Waals surface area contributed by atoms with Gasteiger partial charge in [-0.2, -0.15) is 5.10 Å². The van der Waals surface area contributed by atoms with E-state index in [0.717, 1.165) is 42.7 Å². The van der Waals surface area contributed by atoms with Gasteiger partial charge in [-0.1, -0.05) is 13.8 Å². The Balaban J connectivity index is 2.36. The van der Waals surface area contributed by atoms with Crippen LogP contribution in [-0.2, 0) is 6.54 Å². The number of hydrogen-bond donors (Lipinski definition) is 1. The van der Waals surface area contributed by atoms with E-state index in [1.54, 1.807) is 0 Å². The van der Waals surface area contributed by atoms with Gasteiger partial charge in [0.25, 0.3) is 0 Å². The number of aryl methyl sites for hydroxylation is 1. The van der Waals surface area contributed by atoms with Crippen molar-refractivity contribution >= 4 is 16.7 Å². The molecule has 4 heteroatoms. The lowest BCUT2D eigenvalue weighted by Crippen LogP contribution is -2.02. The highest BCUT2D eigenvalue weighted by molar-refractivity contribution is 5.88. The normalized spacial score (nSPS) is 10.9. The molecule has 0 aromatic carbocycles. The fraction of sp³-hybridized carbons (Fsp3) is 0.500. The monoisotopic (exact) mass is 218 g/mol. The van der Waals surface area contributed by atoms with E-state index in [1.165, 1.54) is 0 Å². The predicted molar refractivity (Wildman–Crippen MR) is 66.6 cm³/mol. The summed E-state index contributed by atoms with van der Waals surface area (Å²) in [5, 5.41) is 8.88. The Bertz CT molecular complexity index is 461. The molecule has 0 fully saturated rings. The van der Waals surface area contributed by atoms with Gasteiger partial charge in [-0.25, -0.2) is 9.67 Å². The molecule has 2 aromatic heterocycles. The van der Waals surface area contributed by atoms with Crippen molar-refractivity contribution in [2.45, 2.75) is 33.2 Å². The van der Waals surface area contributed by atoms with E-state index >= 15 is 0 Å². The zero-order chi connectivity index (χ0) is 11.4. The quantitative estimate of drug-likeness (QED) is 0.839. The molecule has 0 aliphatic carbocycles. The fourth-order valence-corrected chi connectivity index (χ4v) is 1.77. The molecule has 4 nitrogen and oxygen atoms in total. The Morgan fingerprint density at radius 3 is 2.94 bits per heavy atom. The molecule has 1 N–H and O–H groups in total. The lowest BCUT2D eigenvalue weighted by molar-refractivity contribution is 0.617. The molecule has 0 amide bonds. The van der Waals surface area contributed by atoms with Gasteiger partial charge in [0.05, 0.1) is 11.6 Å². The Labute approximate surface area is 95.7 Å². The van der Waals surface area contributed by atoms with Crippen molar-refractivity contribution in [3.8, 4) is 0 Å². The van der Waals surface area contributed by atoms with Crippen LogP contribution in [0.1, 0.15) is 26.7 Å². The van der Waals surface area contributed by atoms with E-state index in [2.05, 4.69) is 29.2 Å². The molecule has 2 heterocycles. The minimum Gasteiger partial charge on any atom is -0.384 e. The zero-order valence-electron chi connectivity index (χ0n) is 9.90. The van der Waals surface area contributed by atoms with Crippen LogP contribution < -0.4 is 5.32 Å². The summed E-state index contributed by atoms with van der Waals surface area (Å²) in [5.41, 5.74) is 2.11. The maximum Gasteiger partial charge on any atom is 0.159 e. The van der Waals surface area contributed by atoms with Crippen LogP contribution in [0.15, 0.2) is 18.5 Å². The van der Waals surface area contributed by atoms with Gasteiger partial charge in [0.15, 0.2) is 5.65 Å². The number of nitrogens with zero attached hydrogens (tertiary/aromatic N) is 3. The highest BCUT2D eigenvalue weighted by Crippen LogP contribution is 2.21. The summed E-state index contributed by atoms with van der Waals surface area (Å²) >= 11 is 0. The highest BCUT2D eigenvalue weighted by atomic mass is 15.3. The van der Waals surface area contributed by atoms with Crippen LogP contribution in [-0.4, -0.2) is 21.3 Å². The van der Waals surface area contributed by atoms with Gasteiger partial charge in [-0.05, 0) is 18.9 Å². The van der Waals surface area contributed by atoms with Crippen LogP contribution in [0.4, 0.5) is 5.69 Å². The van der Waals surface area contributed by atoms with Crippen molar-refractivity contribution in [3.05, 3.63) is 18.5 Å². The maximum atomic E-state index is 4.39. The summed E-state index contributed by atoms with van der Waals surface area (Å²) in [6.45, 7) is 6.21. The predicted octanol–water partition coefficient (Wildman–Crippen LogP) is 2.66. The molecule has 0 saturated heterocycles. The number of hydrogen-bond acceptors (Lipinski definition) is 3. The summed E-state index contributed by atoms with van der Waals surface area (Å²) in [5.74, 6) is 0. The van der Waals surface area contributed by atoms with Gasteiger partial charge in [-0.15, -0.1) is 0 Å². The molecule has 86 valence electrons. The van der Waals surface area contributed by atoms with Gasteiger partial charge < -0.3 is 5.32 Å². The SMILES string of the molecule is CCCNc1ccnc2c1cnn2CCC. The van der Waals surface area contributed by atoms with E-state index in [1.807, 2.05) is 23.1 Å². The molecular formula is C12H18N4. The summed E-state index contributed by atoms with van der Waals surface area (Å²) < 4.78 is 1.96. The molecule has 16 heavy (non-hydrogen) atoms. The first-order chi connectivity index (χ1) is 7.86. The summed E-state index contributed by atoms with van der Waals surface area (Å²) in [6, 6.07) is 2.01. The summed E-state index contributed by atoms with van der Waals surface area (Å²) in [7, 11) is 0. The first-order valence-corrected chi connectivity index (χ1v) is 5.91. The number of rotatable bonds is 5. The van der Waals surface area contributed by atoms with Crippen LogP contribution in [0, 0.1) is 0 Å². The van der Waals surface area contributed by atoms with Crippen molar-refractivity contribution in [3.63, 3.8) is 0 Å². The Hall–Kier alpha value is -1.58.